The number of nitrogens with zero attached hydrogens (tertiary/aromatic N) is 3. The van der Waals surface area contributed by atoms with Crippen LogP contribution in [0.2, 0.25) is 0 Å². The zero-order chi connectivity index (χ0) is 15.3. The van der Waals surface area contributed by atoms with Crippen molar-refractivity contribution in [1.29, 1.82) is 0 Å². The molecule has 0 bridgehead atoms. The number of aromatic nitrogens is 3. The Labute approximate surface area is 124 Å². The van der Waals surface area contributed by atoms with Gasteiger partial charge in [-0.2, -0.15) is 0 Å². The molecule has 0 saturated carbocycles. The normalized spacial score (nSPS) is 10.9. The van der Waals surface area contributed by atoms with Crippen molar-refractivity contribution in [2.75, 3.05) is 39.6 Å². The first kappa shape index (κ1) is 17.5. The minimum atomic E-state index is -1.09. The molecule has 1 aromatic heterocycles. The molecule has 1 aromatic rings. The topological polar surface area (TPSA) is 95.7 Å². The van der Waals surface area contributed by atoms with Gasteiger partial charge in [0.15, 0.2) is 5.69 Å². The molecule has 0 radical (unpaired) electrons. The summed E-state index contributed by atoms with van der Waals surface area (Å²) < 4.78 is 17.5. The number of carboxylic acid groups (broad SMARTS) is 1. The molecule has 0 aliphatic rings. The molecule has 0 unspecified atom stereocenters. The predicted molar refractivity (Wildman–Crippen MR) is 74.3 cm³/mol. The Hall–Kier alpha value is -1.51. The van der Waals surface area contributed by atoms with Gasteiger partial charge in [-0.05, 0) is 6.42 Å². The Balaban J connectivity index is 1.89. The van der Waals surface area contributed by atoms with E-state index < -0.39 is 5.97 Å². The van der Waals surface area contributed by atoms with Crippen molar-refractivity contribution >= 4 is 5.97 Å². The number of hydrogen-bond donors (Lipinski definition) is 1. The third-order valence-electron chi connectivity index (χ3n) is 2.61. The molecule has 1 rings (SSSR count). The van der Waals surface area contributed by atoms with Crippen LogP contribution in [0.5, 0.6) is 0 Å². The largest absolute Gasteiger partial charge is 0.476 e. The van der Waals surface area contributed by atoms with Gasteiger partial charge in [0.05, 0.1) is 45.8 Å². The summed E-state index contributed by atoms with van der Waals surface area (Å²) in [5.74, 6) is -1.09. The Kier molecular flexibility index (Phi) is 9.34. The van der Waals surface area contributed by atoms with Gasteiger partial charge >= 0.3 is 5.97 Å². The zero-order valence-corrected chi connectivity index (χ0v) is 12.4. The van der Waals surface area contributed by atoms with Gasteiger partial charge in [0.1, 0.15) is 0 Å². The van der Waals surface area contributed by atoms with Crippen LogP contribution in [-0.4, -0.2) is 65.7 Å². The van der Waals surface area contributed by atoms with E-state index in [0.29, 0.717) is 39.6 Å². The van der Waals surface area contributed by atoms with E-state index in [1.165, 1.54) is 10.9 Å². The average Bonchev–Trinajstić information content (AvgIpc) is 2.94. The van der Waals surface area contributed by atoms with E-state index in [1.54, 1.807) is 0 Å². The van der Waals surface area contributed by atoms with Crippen LogP contribution in [0.15, 0.2) is 6.20 Å². The van der Waals surface area contributed by atoms with Crippen LogP contribution in [-0.2, 0) is 20.8 Å². The van der Waals surface area contributed by atoms with Gasteiger partial charge in [-0.3, -0.25) is 0 Å². The number of carboxylic acids is 1. The van der Waals surface area contributed by atoms with Gasteiger partial charge in [0.2, 0.25) is 0 Å². The molecule has 0 saturated heterocycles. The number of unbranched alkanes of at least 4 members (excludes halogenated alkanes) is 1. The predicted octanol–water partition coefficient (Wildman–Crippen LogP) is 0.826. The SMILES string of the molecule is CCCCOCCOCCOCCn1cc(C(=O)O)nn1. The van der Waals surface area contributed by atoms with Crippen LogP contribution in [0.4, 0.5) is 0 Å². The van der Waals surface area contributed by atoms with E-state index >= 15 is 0 Å². The molecule has 1 N–H and O–H groups in total. The maximum absolute atomic E-state index is 10.6. The van der Waals surface area contributed by atoms with E-state index in [-0.39, 0.29) is 5.69 Å². The smallest absolute Gasteiger partial charge is 0.358 e. The van der Waals surface area contributed by atoms with Crippen LogP contribution in [0.1, 0.15) is 30.3 Å². The van der Waals surface area contributed by atoms with E-state index in [1.807, 2.05) is 0 Å². The molecule has 0 amide bonds. The molecular weight excluding hydrogens is 278 g/mol. The highest BCUT2D eigenvalue weighted by Crippen LogP contribution is 1.93. The van der Waals surface area contributed by atoms with Crippen LogP contribution in [0.3, 0.4) is 0 Å². The molecule has 0 atom stereocenters. The lowest BCUT2D eigenvalue weighted by Crippen LogP contribution is -2.12. The van der Waals surface area contributed by atoms with Gasteiger partial charge in [0, 0.05) is 6.61 Å². The van der Waals surface area contributed by atoms with Crippen molar-refractivity contribution in [3.63, 3.8) is 0 Å². The van der Waals surface area contributed by atoms with E-state index in [9.17, 15) is 4.79 Å². The van der Waals surface area contributed by atoms with E-state index in [2.05, 4.69) is 17.2 Å². The van der Waals surface area contributed by atoms with Crippen molar-refractivity contribution in [2.45, 2.75) is 26.3 Å². The molecule has 1 heterocycles. The highest BCUT2D eigenvalue weighted by atomic mass is 16.5. The lowest BCUT2D eigenvalue weighted by molar-refractivity contribution is 0.0123. The summed E-state index contributed by atoms with van der Waals surface area (Å²) in [6.07, 6.45) is 3.58. The van der Waals surface area contributed by atoms with Crippen LogP contribution >= 0.6 is 0 Å². The maximum Gasteiger partial charge on any atom is 0.358 e. The zero-order valence-electron chi connectivity index (χ0n) is 12.4. The second-order valence-corrected chi connectivity index (χ2v) is 4.36. The first-order valence-corrected chi connectivity index (χ1v) is 7.10. The van der Waals surface area contributed by atoms with Crippen molar-refractivity contribution in [3.8, 4) is 0 Å². The van der Waals surface area contributed by atoms with Crippen LogP contribution in [0.25, 0.3) is 0 Å². The Morgan fingerprint density at radius 2 is 1.76 bits per heavy atom. The van der Waals surface area contributed by atoms with Crippen molar-refractivity contribution < 1.29 is 24.1 Å². The highest BCUT2D eigenvalue weighted by molar-refractivity contribution is 5.84. The average molecular weight is 301 g/mol. The monoisotopic (exact) mass is 301 g/mol. The lowest BCUT2D eigenvalue weighted by atomic mass is 10.4. The fourth-order valence-electron chi connectivity index (χ4n) is 1.45. The first-order chi connectivity index (χ1) is 10.2. The van der Waals surface area contributed by atoms with E-state index in [0.717, 1.165) is 19.4 Å². The molecule has 8 nitrogen and oxygen atoms in total. The quantitative estimate of drug-likeness (QED) is 0.539. The Morgan fingerprint density at radius 1 is 1.14 bits per heavy atom. The van der Waals surface area contributed by atoms with Crippen molar-refractivity contribution in [3.05, 3.63) is 11.9 Å². The maximum atomic E-state index is 10.6. The van der Waals surface area contributed by atoms with Gasteiger partial charge in [-0.1, -0.05) is 18.6 Å². The number of aromatic carboxylic acids is 1. The molecule has 0 aliphatic heterocycles. The third kappa shape index (κ3) is 8.38. The molecule has 21 heavy (non-hydrogen) atoms. The number of rotatable bonds is 13. The second-order valence-electron chi connectivity index (χ2n) is 4.36. The second kappa shape index (κ2) is 11.2. The molecule has 0 fully saturated rings. The standard InChI is InChI=1S/C13H23N3O5/c1-2-3-5-19-7-9-21-10-8-20-6-4-16-11-12(13(17)18)14-15-16/h11H,2-10H2,1H3,(H,17,18). The summed E-state index contributed by atoms with van der Waals surface area (Å²) in [7, 11) is 0. The minimum Gasteiger partial charge on any atom is -0.476 e. The molecule has 0 aliphatic carbocycles. The summed E-state index contributed by atoms with van der Waals surface area (Å²) in [5, 5.41) is 15.9. The lowest BCUT2D eigenvalue weighted by Gasteiger charge is -2.06. The van der Waals surface area contributed by atoms with Crippen molar-refractivity contribution in [2.24, 2.45) is 0 Å². The Bertz CT molecular complexity index is 397. The fourth-order valence-corrected chi connectivity index (χ4v) is 1.45. The van der Waals surface area contributed by atoms with Gasteiger partial charge in [0.25, 0.3) is 0 Å². The van der Waals surface area contributed by atoms with Gasteiger partial charge in [-0.25, -0.2) is 9.48 Å². The Morgan fingerprint density at radius 3 is 2.33 bits per heavy atom. The number of ether oxygens (including phenoxy) is 3. The summed E-state index contributed by atoms with van der Waals surface area (Å²) in [4.78, 5) is 10.6. The highest BCUT2D eigenvalue weighted by Gasteiger charge is 2.07. The van der Waals surface area contributed by atoms with Crippen molar-refractivity contribution in [1.82, 2.24) is 15.0 Å². The summed E-state index contributed by atoms with van der Waals surface area (Å²) in [5.41, 5.74) is -0.0681. The third-order valence-corrected chi connectivity index (χ3v) is 2.61. The number of carbonyl (C=O) groups is 1. The van der Waals surface area contributed by atoms with Crippen LogP contribution in [0, 0.1) is 0 Å². The van der Waals surface area contributed by atoms with Gasteiger partial charge in [-0.15, -0.1) is 5.10 Å². The summed E-state index contributed by atoms with van der Waals surface area (Å²) in [6, 6.07) is 0. The van der Waals surface area contributed by atoms with E-state index in [4.69, 9.17) is 19.3 Å². The molecule has 120 valence electrons. The summed E-state index contributed by atoms with van der Waals surface area (Å²) >= 11 is 0. The molecular formula is C13H23N3O5. The van der Waals surface area contributed by atoms with Crippen LogP contribution < -0.4 is 0 Å². The molecule has 8 heteroatoms. The number of hydrogen-bond acceptors (Lipinski definition) is 6. The minimum absolute atomic E-state index is 0.0681. The molecule has 0 spiro atoms. The van der Waals surface area contributed by atoms with Gasteiger partial charge < -0.3 is 19.3 Å². The fraction of sp³-hybridized carbons (Fsp3) is 0.769. The summed E-state index contributed by atoms with van der Waals surface area (Å²) in [6.45, 7) is 5.96. The first-order valence-electron chi connectivity index (χ1n) is 7.10. The molecule has 0 aromatic carbocycles.